The number of esters is 1. The summed E-state index contributed by atoms with van der Waals surface area (Å²) in [5, 5.41) is 12.2. The molecule has 11 heteroatoms. The highest BCUT2D eigenvalue weighted by molar-refractivity contribution is 7.97. The number of rotatable bonds is 7. The molecule has 0 saturated heterocycles. The van der Waals surface area contributed by atoms with E-state index in [0.717, 1.165) is 10.5 Å². The number of halogens is 2. The Bertz CT molecular complexity index is 1230. The molecule has 0 unspecified atom stereocenters. The van der Waals surface area contributed by atoms with Gasteiger partial charge < -0.3 is 14.4 Å². The topological polar surface area (TPSA) is 89.4 Å². The molecule has 34 heavy (non-hydrogen) atoms. The fourth-order valence-corrected chi connectivity index (χ4v) is 4.73. The minimum absolute atomic E-state index is 0.116. The molecule has 0 spiro atoms. The van der Waals surface area contributed by atoms with Crippen LogP contribution in [0.1, 0.15) is 34.6 Å². The SMILES string of the molecule is COC(=O)c1ccc([C@@H](C)n2cc(C[C@@H]3C(=O)NC=CN3Sc3ccc(Cl)c(Cl)c3)nn2)cc1. The van der Waals surface area contributed by atoms with Gasteiger partial charge in [-0.2, -0.15) is 0 Å². The van der Waals surface area contributed by atoms with E-state index in [1.807, 2.05) is 35.6 Å². The second-order valence-corrected chi connectivity index (χ2v) is 9.44. The van der Waals surface area contributed by atoms with E-state index in [1.165, 1.54) is 19.1 Å². The van der Waals surface area contributed by atoms with Crippen LogP contribution in [0.25, 0.3) is 0 Å². The maximum atomic E-state index is 12.6. The molecule has 3 aromatic rings. The zero-order valence-corrected chi connectivity index (χ0v) is 20.6. The average Bonchev–Trinajstić information content (AvgIpc) is 3.31. The number of nitrogens with zero attached hydrogens (tertiary/aromatic N) is 4. The van der Waals surface area contributed by atoms with Crippen molar-refractivity contribution in [3.63, 3.8) is 0 Å². The Morgan fingerprint density at radius 2 is 1.97 bits per heavy atom. The number of methoxy groups -OCH3 is 1. The summed E-state index contributed by atoms with van der Waals surface area (Å²) in [5.74, 6) is -0.526. The quantitative estimate of drug-likeness (QED) is 0.364. The summed E-state index contributed by atoms with van der Waals surface area (Å²) in [7, 11) is 1.35. The van der Waals surface area contributed by atoms with Crippen LogP contribution < -0.4 is 5.32 Å². The lowest BCUT2D eigenvalue weighted by Crippen LogP contribution is -2.45. The van der Waals surface area contributed by atoms with E-state index in [4.69, 9.17) is 27.9 Å². The van der Waals surface area contributed by atoms with Crippen molar-refractivity contribution in [2.75, 3.05) is 7.11 Å². The largest absolute Gasteiger partial charge is 0.465 e. The second kappa shape index (κ2) is 10.5. The molecule has 1 aliphatic rings. The summed E-state index contributed by atoms with van der Waals surface area (Å²) in [4.78, 5) is 25.1. The van der Waals surface area contributed by atoms with Gasteiger partial charge in [0.05, 0.1) is 34.5 Å². The lowest BCUT2D eigenvalue weighted by molar-refractivity contribution is -0.123. The van der Waals surface area contributed by atoms with E-state index in [1.54, 1.807) is 41.3 Å². The van der Waals surface area contributed by atoms with Crippen molar-refractivity contribution in [3.8, 4) is 0 Å². The van der Waals surface area contributed by atoms with Gasteiger partial charge in [0.25, 0.3) is 0 Å². The van der Waals surface area contributed by atoms with Crippen molar-refractivity contribution in [1.82, 2.24) is 24.6 Å². The molecule has 2 aromatic carbocycles. The van der Waals surface area contributed by atoms with E-state index in [-0.39, 0.29) is 17.9 Å². The summed E-state index contributed by atoms with van der Waals surface area (Å²) in [6.07, 6.45) is 5.58. The molecule has 2 atom stereocenters. The van der Waals surface area contributed by atoms with E-state index in [2.05, 4.69) is 15.6 Å². The van der Waals surface area contributed by atoms with E-state index in [0.29, 0.717) is 27.7 Å². The molecule has 176 valence electrons. The number of hydrogen-bond donors (Lipinski definition) is 1. The van der Waals surface area contributed by atoms with Crippen molar-refractivity contribution in [1.29, 1.82) is 0 Å². The highest BCUT2D eigenvalue weighted by atomic mass is 35.5. The molecular formula is C23H21Cl2N5O3S. The van der Waals surface area contributed by atoms with Gasteiger partial charge in [-0.3, -0.25) is 4.79 Å². The van der Waals surface area contributed by atoms with Gasteiger partial charge in [0.15, 0.2) is 0 Å². The first kappa shape index (κ1) is 24.1. The van der Waals surface area contributed by atoms with Crippen molar-refractivity contribution in [2.24, 2.45) is 0 Å². The van der Waals surface area contributed by atoms with Gasteiger partial charge in [-0.15, -0.1) is 5.10 Å². The Morgan fingerprint density at radius 3 is 2.68 bits per heavy atom. The third kappa shape index (κ3) is 5.38. The van der Waals surface area contributed by atoms with Gasteiger partial charge in [-0.25, -0.2) is 9.48 Å². The van der Waals surface area contributed by atoms with Gasteiger partial charge in [-0.1, -0.05) is 40.5 Å². The molecule has 1 amide bonds. The molecule has 0 bridgehead atoms. The zero-order valence-electron chi connectivity index (χ0n) is 18.3. The van der Waals surface area contributed by atoms with Crippen LogP contribution in [-0.2, 0) is 16.0 Å². The fraction of sp³-hybridized carbons (Fsp3) is 0.217. The summed E-state index contributed by atoms with van der Waals surface area (Å²) in [6.45, 7) is 1.98. The van der Waals surface area contributed by atoms with Crippen molar-refractivity contribution < 1.29 is 14.3 Å². The molecule has 0 radical (unpaired) electrons. The maximum absolute atomic E-state index is 12.6. The molecule has 1 aromatic heterocycles. The van der Waals surface area contributed by atoms with Crippen LogP contribution >= 0.6 is 35.1 Å². The smallest absolute Gasteiger partial charge is 0.337 e. The van der Waals surface area contributed by atoms with Gasteiger partial charge in [-0.05, 0) is 54.8 Å². The van der Waals surface area contributed by atoms with Crippen LogP contribution in [0.5, 0.6) is 0 Å². The summed E-state index contributed by atoms with van der Waals surface area (Å²) in [5.41, 5.74) is 2.11. The number of aromatic nitrogens is 3. The molecule has 2 heterocycles. The summed E-state index contributed by atoms with van der Waals surface area (Å²) < 4.78 is 8.33. The number of nitrogens with one attached hydrogen (secondary N) is 1. The van der Waals surface area contributed by atoms with E-state index < -0.39 is 6.04 Å². The van der Waals surface area contributed by atoms with Crippen LogP contribution in [0.4, 0.5) is 0 Å². The Balaban J connectivity index is 1.47. The van der Waals surface area contributed by atoms with Crippen molar-refractivity contribution in [2.45, 2.75) is 30.3 Å². The number of ether oxygens (including phenoxy) is 1. The molecule has 1 aliphatic heterocycles. The van der Waals surface area contributed by atoms with E-state index >= 15 is 0 Å². The molecular weight excluding hydrogens is 497 g/mol. The van der Waals surface area contributed by atoms with Gasteiger partial charge in [0.2, 0.25) is 5.91 Å². The molecule has 0 aliphatic carbocycles. The first-order chi connectivity index (χ1) is 16.4. The standard InChI is InChI=1S/C23H21Cl2N5O3S/c1-14(15-3-5-16(6-4-15)23(32)33-2)29-13-17(27-28-29)11-21-22(31)26-9-10-30(21)34-18-7-8-19(24)20(25)12-18/h3-10,12-14,21H,11H2,1-2H3,(H,26,31)/t14-,21-/m1/s1. The Morgan fingerprint density at radius 1 is 1.21 bits per heavy atom. The third-order valence-corrected chi connectivity index (χ3v) is 7.12. The lowest BCUT2D eigenvalue weighted by atomic mass is 10.1. The molecule has 8 nitrogen and oxygen atoms in total. The van der Waals surface area contributed by atoms with Gasteiger partial charge in [0.1, 0.15) is 6.04 Å². The van der Waals surface area contributed by atoms with Crippen LogP contribution in [0.3, 0.4) is 0 Å². The highest BCUT2D eigenvalue weighted by Gasteiger charge is 2.29. The van der Waals surface area contributed by atoms with Crippen LogP contribution in [-0.4, -0.2) is 44.3 Å². The minimum atomic E-state index is -0.496. The maximum Gasteiger partial charge on any atom is 0.337 e. The minimum Gasteiger partial charge on any atom is -0.465 e. The second-order valence-electron chi connectivity index (χ2n) is 7.55. The van der Waals surface area contributed by atoms with E-state index in [9.17, 15) is 9.59 Å². The third-order valence-electron chi connectivity index (χ3n) is 5.33. The predicted octanol–water partition coefficient (Wildman–Crippen LogP) is 4.50. The Hall–Kier alpha value is -3.01. The Labute approximate surface area is 211 Å². The van der Waals surface area contributed by atoms with Gasteiger partial charge >= 0.3 is 5.97 Å². The molecule has 1 N–H and O–H groups in total. The normalized spacial score (nSPS) is 16.3. The number of benzene rings is 2. The van der Waals surface area contributed by atoms with Crippen molar-refractivity contribution >= 4 is 47.0 Å². The monoisotopic (exact) mass is 517 g/mol. The molecule has 4 rings (SSSR count). The van der Waals surface area contributed by atoms with Crippen LogP contribution in [0.15, 0.2) is 66.0 Å². The molecule has 0 saturated carbocycles. The van der Waals surface area contributed by atoms with Crippen molar-refractivity contribution in [3.05, 3.63) is 87.9 Å². The highest BCUT2D eigenvalue weighted by Crippen LogP contribution is 2.32. The number of amides is 1. The number of carbonyl (C=O) groups is 2. The Kier molecular flexibility index (Phi) is 7.45. The fourth-order valence-electron chi connectivity index (χ4n) is 3.40. The summed E-state index contributed by atoms with van der Waals surface area (Å²) >= 11 is 13.5. The number of carbonyl (C=O) groups excluding carboxylic acids is 2. The van der Waals surface area contributed by atoms with Crippen LogP contribution in [0.2, 0.25) is 10.0 Å². The lowest BCUT2D eigenvalue weighted by Gasteiger charge is -2.30. The average molecular weight is 518 g/mol. The summed E-state index contributed by atoms with van der Waals surface area (Å²) in [6, 6.07) is 11.9. The predicted molar refractivity (Wildman–Crippen MR) is 131 cm³/mol. The first-order valence-electron chi connectivity index (χ1n) is 10.3. The zero-order chi connectivity index (χ0) is 24.2. The van der Waals surface area contributed by atoms with Crippen LogP contribution in [0, 0.1) is 0 Å². The first-order valence-corrected chi connectivity index (χ1v) is 11.9. The van der Waals surface area contributed by atoms with Gasteiger partial charge in [0, 0.05) is 29.9 Å². The molecule has 0 fully saturated rings. The number of hydrogen-bond acceptors (Lipinski definition) is 7.